The molecule has 1 amide bonds. The number of unbranched alkanes of at least 4 members (excludes halogenated alkanes) is 1. The lowest BCUT2D eigenvalue weighted by Crippen LogP contribution is -2.35. The number of carboxylic acids is 1. The van der Waals surface area contributed by atoms with E-state index in [-0.39, 0.29) is 34.6 Å². The molecular weight excluding hydrogens is 668 g/mol. The number of hydrogen-bond donors (Lipinski definition) is 6. The number of benzene rings is 1. The number of nitrogens with two attached hydrogens (primary N) is 3. The van der Waals surface area contributed by atoms with E-state index in [4.69, 9.17) is 27.0 Å². The summed E-state index contributed by atoms with van der Waals surface area (Å²) in [4.78, 5) is 59.7. The van der Waals surface area contributed by atoms with Crippen molar-refractivity contribution in [3.63, 3.8) is 0 Å². The second-order valence-electron chi connectivity index (χ2n) is 12.5. The lowest BCUT2D eigenvalue weighted by atomic mass is 9.93. The molecule has 0 spiro atoms. The molecule has 17 heteroatoms. The topological polar surface area (TPSA) is 259 Å². The summed E-state index contributed by atoms with van der Waals surface area (Å²) >= 11 is 0. The van der Waals surface area contributed by atoms with Gasteiger partial charge in [-0.05, 0) is 55.8 Å². The largest absolute Gasteiger partial charge is 0.478 e. The molecule has 5 heterocycles. The molecule has 1 aliphatic heterocycles. The Morgan fingerprint density at radius 1 is 0.942 bits per heavy atom. The van der Waals surface area contributed by atoms with Crippen LogP contribution in [0.4, 0.5) is 17.5 Å². The Morgan fingerprint density at radius 3 is 2.17 bits per heavy atom. The number of amides is 1. The fraction of sp³-hybridized carbons (Fsp3) is 0.371. The van der Waals surface area contributed by atoms with Gasteiger partial charge >= 0.3 is 11.7 Å². The Morgan fingerprint density at radius 2 is 1.58 bits per heavy atom. The zero-order chi connectivity index (χ0) is 37.0. The number of piperidine rings is 1. The molecule has 52 heavy (non-hydrogen) atoms. The van der Waals surface area contributed by atoms with Crippen LogP contribution >= 0.6 is 0 Å². The average molecular weight is 713 g/mol. The third-order valence-corrected chi connectivity index (χ3v) is 8.63. The molecule has 9 N–H and O–H groups in total. The van der Waals surface area contributed by atoms with Crippen LogP contribution in [0.3, 0.4) is 0 Å². The van der Waals surface area contributed by atoms with Crippen LogP contribution < -0.4 is 32.9 Å². The summed E-state index contributed by atoms with van der Waals surface area (Å²) in [6, 6.07) is 10.2. The van der Waals surface area contributed by atoms with Gasteiger partial charge in [0.05, 0.1) is 43.5 Å². The third kappa shape index (κ3) is 10.2. The van der Waals surface area contributed by atoms with Crippen LogP contribution in [0.1, 0.15) is 71.1 Å². The second-order valence-corrected chi connectivity index (χ2v) is 12.5. The number of anilines is 3. The van der Waals surface area contributed by atoms with Crippen molar-refractivity contribution in [2.45, 2.75) is 52.1 Å². The number of hydrogen-bond acceptors (Lipinski definition) is 13. The quantitative estimate of drug-likeness (QED) is 0.0960. The lowest BCUT2D eigenvalue weighted by Gasteiger charge is -2.32. The number of ether oxygens (including phenoxy) is 1. The monoisotopic (exact) mass is 712 g/mol. The van der Waals surface area contributed by atoms with Crippen molar-refractivity contribution in [2.24, 2.45) is 5.92 Å². The van der Waals surface area contributed by atoms with Gasteiger partial charge in [-0.2, -0.15) is 4.98 Å². The number of fused-ring (bicyclic) bond motifs is 1. The molecule has 5 aromatic rings. The molecule has 1 aliphatic rings. The van der Waals surface area contributed by atoms with E-state index in [9.17, 15) is 14.4 Å². The zero-order valence-corrected chi connectivity index (χ0v) is 29.0. The van der Waals surface area contributed by atoms with Crippen molar-refractivity contribution in [2.75, 3.05) is 43.4 Å². The Labute approximate surface area is 299 Å². The van der Waals surface area contributed by atoms with Crippen LogP contribution in [0.15, 0.2) is 59.9 Å². The number of aromatic amines is 1. The lowest BCUT2D eigenvalue weighted by molar-refractivity contribution is 0.0689. The van der Waals surface area contributed by atoms with Crippen LogP contribution in [-0.4, -0.2) is 82.6 Å². The van der Waals surface area contributed by atoms with Crippen molar-refractivity contribution in [1.82, 2.24) is 44.7 Å². The highest BCUT2D eigenvalue weighted by atomic mass is 16.5. The van der Waals surface area contributed by atoms with Crippen molar-refractivity contribution < 1.29 is 19.4 Å². The van der Waals surface area contributed by atoms with Gasteiger partial charge in [0, 0.05) is 19.2 Å². The van der Waals surface area contributed by atoms with Gasteiger partial charge in [0.1, 0.15) is 22.8 Å². The van der Waals surface area contributed by atoms with Crippen LogP contribution in [0.25, 0.3) is 11.0 Å². The molecule has 17 nitrogen and oxygen atoms in total. The Kier molecular flexibility index (Phi) is 12.7. The van der Waals surface area contributed by atoms with Gasteiger partial charge in [-0.1, -0.05) is 37.6 Å². The molecular formula is C35H44N12O5. The van der Waals surface area contributed by atoms with Crippen LogP contribution in [0.2, 0.25) is 0 Å². The Bertz CT molecular complexity index is 1990. The fourth-order valence-electron chi connectivity index (χ4n) is 5.71. The molecule has 0 atom stereocenters. The van der Waals surface area contributed by atoms with Crippen LogP contribution in [-0.2, 0) is 13.1 Å². The Balaban J connectivity index is 0.000000452. The predicted molar refractivity (Wildman–Crippen MR) is 196 cm³/mol. The highest BCUT2D eigenvalue weighted by Gasteiger charge is 2.20. The molecule has 1 aromatic carbocycles. The number of nitrogens with one attached hydrogen (secondary N) is 2. The molecule has 6 rings (SSSR count). The summed E-state index contributed by atoms with van der Waals surface area (Å²) in [6.07, 6.45) is 10.2. The molecule has 0 bridgehead atoms. The van der Waals surface area contributed by atoms with Crippen molar-refractivity contribution in [1.29, 1.82) is 0 Å². The van der Waals surface area contributed by atoms with Crippen molar-refractivity contribution in [3.8, 4) is 5.88 Å². The van der Waals surface area contributed by atoms with E-state index >= 15 is 0 Å². The number of rotatable bonds is 13. The summed E-state index contributed by atoms with van der Waals surface area (Å²) < 4.78 is 7.42. The molecule has 0 saturated carbocycles. The molecule has 274 valence electrons. The molecule has 0 radical (unpaired) electrons. The highest BCUT2D eigenvalue weighted by Crippen LogP contribution is 2.24. The van der Waals surface area contributed by atoms with E-state index in [2.05, 4.69) is 71.3 Å². The van der Waals surface area contributed by atoms with E-state index in [0.29, 0.717) is 48.3 Å². The maximum absolute atomic E-state index is 12.7. The number of aromatic carboxylic acids is 1. The molecule has 0 aliphatic carbocycles. The number of carbonyl (C=O) groups excluding carboxylic acids is 1. The number of likely N-dealkylation sites (tertiary alicyclic amines) is 1. The minimum Gasteiger partial charge on any atom is -0.478 e. The van der Waals surface area contributed by atoms with Gasteiger partial charge in [-0.25, -0.2) is 29.5 Å². The highest BCUT2D eigenvalue weighted by molar-refractivity contribution is 5.92. The second kappa shape index (κ2) is 17.7. The number of aromatic nitrogens is 7. The standard InChI is InChI=1S/C30H39N9O3.C5H5N3O2/c1-2-3-14-42-26-15-24-27(28(32)36-26)37-30(41)39(24)19-22-6-4-21(5-7-22)18-38-12-9-20(10-13-38)8-11-33-29(40)23-16-35-25(31)17-34-23;6-4-2-7-3(1-8-4)5(9)10/h4-7,15-17,20H,2-3,8-14,18-19H2,1H3,(H2,31,35)(H2,32,36)(H,33,40)(H,37,41);1-2H,(H2,6,8)(H,9,10). The fourth-order valence-corrected chi connectivity index (χ4v) is 5.71. The van der Waals surface area contributed by atoms with Gasteiger partial charge in [-0.3, -0.25) is 14.3 Å². The number of pyridine rings is 1. The maximum Gasteiger partial charge on any atom is 0.356 e. The van der Waals surface area contributed by atoms with E-state index in [1.807, 2.05) is 0 Å². The summed E-state index contributed by atoms with van der Waals surface area (Å²) in [5, 5.41) is 11.3. The van der Waals surface area contributed by atoms with Gasteiger partial charge in [0.15, 0.2) is 11.5 Å². The van der Waals surface area contributed by atoms with Crippen molar-refractivity contribution >= 4 is 40.4 Å². The summed E-state index contributed by atoms with van der Waals surface area (Å²) in [5.41, 5.74) is 20.2. The smallest absolute Gasteiger partial charge is 0.356 e. The first-order valence-corrected chi connectivity index (χ1v) is 17.1. The average Bonchev–Trinajstić information content (AvgIpc) is 3.45. The van der Waals surface area contributed by atoms with Crippen molar-refractivity contribution in [3.05, 3.63) is 88.1 Å². The van der Waals surface area contributed by atoms with E-state index < -0.39 is 5.97 Å². The first kappa shape index (κ1) is 37.2. The normalized spacial score (nSPS) is 13.3. The van der Waals surface area contributed by atoms with Gasteiger partial charge in [0.2, 0.25) is 5.88 Å². The summed E-state index contributed by atoms with van der Waals surface area (Å²) in [6.45, 7) is 6.62. The molecule has 1 fully saturated rings. The number of carbonyl (C=O) groups is 2. The minimum atomic E-state index is -1.10. The van der Waals surface area contributed by atoms with Crippen LogP contribution in [0, 0.1) is 5.92 Å². The van der Waals surface area contributed by atoms with Gasteiger partial charge in [-0.15, -0.1) is 0 Å². The van der Waals surface area contributed by atoms with E-state index in [1.54, 1.807) is 10.6 Å². The van der Waals surface area contributed by atoms with Gasteiger partial charge in [0.25, 0.3) is 5.91 Å². The number of H-pyrrole nitrogens is 1. The van der Waals surface area contributed by atoms with E-state index in [1.165, 1.54) is 24.2 Å². The summed E-state index contributed by atoms with van der Waals surface area (Å²) in [7, 11) is 0. The number of nitrogens with zero attached hydrogens (tertiary/aromatic N) is 7. The molecule has 0 unspecified atom stereocenters. The summed E-state index contributed by atoms with van der Waals surface area (Å²) in [5.74, 6) is 0.447. The maximum atomic E-state index is 12.7. The first-order valence-electron chi connectivity index (χ1n) is 17.1. The number of carboxylic acid groups (broad SMARTS) is 1. The minimum absolute atomic E-state index is 0.103. The van der Waals surface area contributed by atoms with Gasteiger partial charge < -0.3 is 37.3 Å². The SMILES string of the molecule is CCCCOc1cc2c([nH]c(=O)n2Cc2ccc(CN3CCC(CCNC(=O)c4cnc(N)cn4)CC3)cc2)c(N)n1.Nc1cnc(C(=O)O)cn1. The van der Waals surface area contributed by atoms with Crippen LogP contribution in [0.5, 0.6) is 5.88 Å². The predicted octanol–water partition coefficient (Wildman–Crippen LogP) is 2.70. The third-order valence-electron chi connectivity index (χ3n) is 8.63. The molecule has 4 aromatic heterocycles. The molecule has 1 saturated heterocycles. The number of nitrogen functional groups attached to an aromatic ring is 3. The first-order chi connectivity index (χ1) is 25.1. The van der Waals surface area contributed by atoms with E-state index in [0.717, 1.165) is 63.5 Å². The Hall–Kier alpha value is -6.10. The zero-order valence-electron chi connectivity index (χ0n) is 29.0. The number of imidazole rings is 1.